The van der Waals surface area contributed by atoms with Crippen LogP contribution in [0.15, 0.2) is 36.9 Å². The number of likely N-dealkylation sites (tertiary alicyclic amines) is 2. The molecule has 7 nitrogen and oxygen atoms in total. The number of carbonyl (C=O) groups is 2. The van der Waals surface area contributed by atoms with E-state index in [1.807, 2.05) is 29.4 Å². The number of rotatable bonds is 6. The molecule has 0 bridgehead atoms. The molecule has 2 saturated heterocycles. The van der Waals surface area contributed by atoms with E-state index in [2.05, 4.69) is 34.5 Å². The average Bonchev–Trinajstić information content (AvgIpc) is 3.31. The second kappa shape index (κ2) is 8.34. The number of hydrogen-bond donors (Lipinski definition) is 0. The molecule has 2 aromatic rings. The molecule has 1 saturated carbocycles. The van der Waals surface area contributed by atoms with Crippen LogP contribution >= 0.6 is 0 Å². The van der Waals surface area contributed by atoms with Gasteiger partial charge in [-0.2, -0.15) is 0 Å². The molecule has 7 heteroatoms. The van der Waals surface area contributed by atoms with E-state index in [0.717, 1.165) is 37.3 Å². The molecule has 2 amide bonds. The highest BCUT2D eigenvalue weighted by molar-refractivity contribution is 5.88. The van der Waals surface area contributed by atoms with Crippen LogP contribution in [-0.2, 0) is 16.0 Å². The minimum atomic E-state index is -0.566. The Kier molecular flexibility index (Phi) is 5.51. The predicted octanol–water partition coefficient (Wildman–Crippen LogP) is 3.05. The molecule has 0 N–H and O–H groups in total. The minimum absolute atomic E-state index is 0.0426. The van der Waals surface area contributed by atoms with E-state index < -0.39 is 5.41 Å². The summed E-state index contributed by atoms with van der Waals surface area (Å²) in [6.07, 6.45) is 10.2. The first-order valence-electron chi connectivity index (χ1n) is 12.0. The summed E-state index contributed by atoms with van der Waals surface area (Å²) in [6, 6.07) is 5.95. The summed E-state index contributed by atoms with van der Waals surface area (Å²) in [5.74, 6) is 0.870. The zero-order valence-corrected chi connectivity index (χ0v) is 19.1. The zero-order valence-electron chi connectivity index (χ0n) is 19.1. The monoisotopic (exact) mass is 435 g/mol. The van der Waals surface area contributed by atoms with Crippen molar-refractivity contribution in [1.82, 2.24) is 24.3 Å². The van der Waals surface area contributed by atoms with Crippen molar-refractivity contribution < 1.29 is 9.59 Å². The molecule has 1 aliphatic carbocycles. The van der Waals surface area contributed by atoms with E-state index in [4.69, 9.17) is 4.98 Å². The maximum Gasteiger partial charge on any atom is 0.231 e. The van der Waals surface area contributed by atoms with Gasteiger partial charge in [-0.15, -0.1) is 0 Å². The van der Waals surface area contributed by atoms with Gasteiger partial charge in [-0.1, -0.05) is 6.07 Å². The van der Waals surface area contributed by atoms with Crippen molar-refractivity contribution >= 4 is 11.8 Å². The van der Waals surface area contributed by atoms with Crippen LogP contribution in [0.4, 0.5) is 0 Å². The molecular formula is C25H33N5O2. The molecule has 3 aliphatic rings. The molecule has 5 rings (SSSR count). The number of pyridine rings is 1. The molecule has 2 atom stereocenters. The lowest BCUT2D eigenvalue weighted by Crippen LogP contribution is -2.53. The average molecular weight is 436 g/mol. The normalized spacial score (nSPS) is 25.8. The molecule has 0 unspecified atom stereocenters. The van der Waals surface area contributed by atoms with E-state index >= 15 is 0 Å². The predicted molar refractivity (Wildman–Crippen MR) is 121 cm³/mol. The van der Waals surface area contributed by atoms with Gasteiger partial charge in [-0.25, -0.2) is 4.98 Å². The summed E-state index contributed by atoms with van der Waals surface area (Å²) < 4.78 is 2.09. The molecule has 0 aromatic carbocycles. The fraction of sp³-hybridized carbons (Fsp3) is 0.600. The lowest BCUT2D eigenvalue weighted by molar-refractivity contribution is -0.147. The molecular weight excluding hydrogens is 402 g/mol. The maximum atomic E-state index is 13.9. The van der Waals surface area contributed by atoms with Crippen molar-refractivity contribution in [1.29, 1.82) is 0 Å². The molecule has 2 aliphatic heterocycles. The Morgan fingerprint density at radius 3 is 2.78 bits per heavy atom. The van der Waals surface area contributed by atoms with Crippen LogP contribution < -0.4 is 0 Å². The smallest absolute Gasteiger partial charge is 0.231 e. The summed E-state index contributed by atoms with van der Waals surface area (Å²) in [5, 5.41) is 0. The van der Waals surface area contributed by atoms with Gasteiger partial charge in [-0.05, 0) is 57.6 Å². The SMILES string of the molecule is CC(C)n1cnc([C@@H]2CN(C(=O)Cc3ccccn3)C[C@]23CCCN(CC2CC2)C3=O)c1. The van der Waals surface area contributed by atoms with Crippen LogP contribution in [0.5, 0.6) is 0 Å². The summed E-state index contributed by atoms with van der Waals surface area (Å²) in [4.78, 5) is 40.2. The topological polar surface area (TPSA) is 71.3 Å². The van der Waals surface area contributed by atoms with E-state index in [1.54, 1.807) is 6.20 Å². The highest BCUT2D eigenvalue weighted by Gasteiger charge is 2.57. The highest BCUT2D eigenvalue weighted by Crippen LogP contribution is 2.49. The van der Waals surface area contributed by atoms with Crippen LogP contribution in [-0.4, -0.2) is 62.3 Å². The maximum absolute atomic E-state index is 13.9. The number of nitrogens with zero attached hydrogens (tertiary/aromatic N) is 5. The van der Waals surface area contributed by atoms with Gasteiger partial charge in [0.05, 0.1) is 23.9 Å². The first-order chi connectivity index (χ1) is 15.5. The highest BCUT2D eigenvalue weighted by atomic mass is 16.2. The third kappa shape index (κ3) is 3.93. The van der Waals surface area contributed by atoms with E-state index in [1.165, 1.54) is 12.8 Å². The second-order valence-electron chi connectivity index (χ2n) is 10.1. The van der Waals surface area contributed by atoms with Gasteiger partial charge in [0.15, 0.2) is 0 Å². The Morgan fingerprint density at radius 2 is 2.09 bits per heavy atom. The quantitative estimate of drug-likeness (QED) is 0.699. The minimum Gasteiger partial charge on any atom is -0.342 e. The van der Waals surface area contributed by atoms with Crippen LogP contribution in [0, 0.1) is 11.3 Å². The first-order valence-corrected chi connectivity index (χ1v) is 12.0. The van der Waals surface area contributed by atoms with Gasteiger partial charge in [0.25, 0.3) is 0 Å². The van der Waals surface area contributed by atoms with Crippen molar-refractivity contribution in [2.24, 2.45) is 11.3 Å². The zero-order chi connectivity index (χ0) is 22.3. The molecule has 2 aromatic heterocycles. The number of imidazole rings is 1. The van der Waals surface area contributed by atoms with Gasteiger partial charge >= 0.3 is 0 Å². The standard InChI is InChI=1S/C25H33N5O2/c1-18(2)30-15-22(27-17-30)21-14-29(23(31)12-20-6-3-4-10-26-20)16-25(21)9-5-11-28(24(25)32)13-19-7-8-19/h3-4,6,10,15,17-19,21H,5,7-9,11-14,16H2,1-2H3/t21-,25+/m0/s1. The summed E-state index contributed by atoms with van der Waals surface area (Å²) in [6.45, 7) is 6.99. The number of hydrogen-bond acceptors (Lipinski definition) is 4. The van der Waals surface area contributed by atoms with E-state index in [9.17, 15) is 9.59 Å². The van der Waals surface area contributed by atoms with Gasteiger partial charge in [0, 0.05) is 56.2 Å². The molecule has 32 heavy (non-hydrogen) atoms. The number of aromatic nitrogens is 3. The number of carbonyl (C=O) groups excluding carboxylic acids is 2. The number of piperidine rings is 1. The lowest BCUT2D eigenvalue weighted by atomic mass is 9.70. The molecule has 170 valence electrons. The Labute approximate surface area is 189 Å². The van der Waals surface area contributed by atoms with Crippen molar-refractivity contribution in [3.63, 3.8) is 0 Å². The van der Waals surface area contributed by atoms with Crippen molar-refractivity contribution in [3.8, 4) is 0 Å². The number of amides is 2. The summed E-state index contributed by atoms with van der Waals surface area (Å²) in [7, 11) is 0. The van der Waals surface area contributed by atoms with Gasteiger partial charge in [-0.3, -0.25) is 14.6 Å². The fourth-order valence-electron chi connectivity index (χ4n) is 5.43. The van der Waals surface area contributed by atoms with Crippen molar-refractivity contribution in [2.45, 2.75) is 57.9 Å². The Bertz CT molecular complexity index is 983. The van der Waals surface area contributed by atoms with Crippen LogP contribution in [0.1, 0.15) is 62.9 Å². The van der Waals surface area contributed by atoms with Crippen LogP contribution in [0.3, 0.4) is 0 Å². The Balaban J connectivity index is 1.44. The second-order valence-corrected chi connectivity index (χ2v) is 10.1. The Morgan fingerprint density at radius 1 is 1.25 bits per heavy atom. The van der Waals surface area contributed by atoms with Crippen molar-refractivity contribution in [2.75, 3.05) is 26.2 Å². The molecule has 0 radical (unpaired) electrons. The summed E-state index contributed by atoms with van der Waals surface area (Å²) in [5.41, 5.74) is 1.14. The molecule has 1 spiro atoms. The first kappa shape index (κ1) is 21.2. The van der Waals surface area contributed by atoms with Crippen molar-refractivity contribution in [3.05, 3.63) is 48.3 Å². The third-order valence-electron chi connectivity index (χ3n) is 7.47. The molecule has 3 fully saturated rings. The fourth-order valence-corrected chi connectivity index (χ4v) is 5.43. The van der Waals surface area contributed by atoms with Gasteiger partial charge in [0.2, 0.25) is 11.8 Å². The molecule has 4 heterocycles. The van der Waals surface area contributed by atoms with Crippen LogP contribution in [0.2, 0.25) is 0 Å². The lowest BCUT2D eigenvalue weighted by Gasteiger charge is -2.42. The summed E-state index contributed by atoms with van der Waals surface area (Å²) >= 11 is 0. The van der Waals surface area contributed by atoms with E-state index in [0.29, 0.717) is 25.0 Å². The Hall–Kier alpha value is -2.70. The third-order valence-corrected chi connectivity index (χ3v) is 7.47. The largest absolute Gasteiger partial charge is 0.342 e. The van der Waals surface area contributed by atoms with E-state index in [-0.39, 0.29) is 24.2 Å². The van der Waals surface area contributed by atoms with Gasteiger partial charge in [0.1, 0.15) is 0 Å². The van der Waals surface area contributed by atoms with Crippen LogP contribution in [0.25, 0.3) is 0 Å². The van der Waals surface area contributed by atoms with Gasteiger partial charge < -0.3 is 14.4 Å².